The van der Waals surface area contributed by atoms with E-state index in [4.69, 9.17) is 5.73 Å². The van der Waals surface area contributed by atoms with Crippen LogP contribution in [0.4, 0.5) is 0 Å². The van der Waals surface area contributed by atoms with Gasteiger partial charge in [-0.15, -0.1) is 0 Å². The minimum atomic E-state index is 0.173. The summed E-state index contributed by atoms with van der Waals surface area (Å²) in [6, 6.07) is 3.60. The maximum Gasteiger partial charge on any atom is 0.166 e. The molecule has 2 N–H and O–H groups in total. The third-order valence-electron chi connectivity index (χ3n) is 3.37. The number of carbonyl (C=O) groups is 1. The molecule has 0 bridgehead atoms. The highest BCUT2D eigenvalue weighted by Crippen LogP contribution is 2.21. The molecule has 4 nitrogen and oxygen atoms in total. The Hall–Kier alpha value is -1.26. The number of rotatable bonds is 4. The fourth-order valence-corrected chi connectivity index (χ4v) is 2.35. The van der Waals surface area contributed by atoms with Gasteiger partial charge in [0.1, 0.15) is 0 Å². The second kappa shape index (κ2) is 5.89. The van der Waals surface area contributed by atoms with Gasteiger partial charge in [0.15, 0.2) is 5.78 Å². The van der Waals surface area contributed by atoms with Crippen LogP contribution in [0, 0.1) is 5.92 Å². The van der Waals surface area contributed by atoms with Gasteiger partial charge in [-0.25, -0.2) is 0 Å². The van der Waals surface area contributed by atoms with Crippen LogP contribution in [0.3, 0.4) is 0 Å². The Labute approximate surface area is 102 Å². The van der Waals surface area contributed by atoms with E-state index in [0.717, 1.165) is 38.0 Å². The molecule has 0 aliphatic carbocycles. The summed E-state index contributed by atoms with van der Waals surface area (Å²) >= 11 is 0. The molecule has 4 heteroatoms. The normalized spacial score (nSPS) is 18.2. The number of likely N-dealkylation sites (tertiary alicyclic amines) is 1. The van der Waals surface area contributed by atoms with Gasteiger partial charge in [0.05, 0.1) is 0 Å². The number of pyridine rings is 1. The molecule has 0 amide bonds. The van der Waals surface area contributed by atoms with Crippen molar-refractivity contribution in [3.05, 3.63) is 30.1 Å². The summed E-state index contributed by atoms with van der Waals surface area (Å²) in [6.45, 7) is 3.61. The molecule has 17 heavy (non-hydrogen) atoms. The van der Waals surface area contributed by atoms with E-state index < -0.39 is 0 Å². The summed E-state index contributed by atoms with van der Waals surface area (Å²) in [5.74, 6) is 0.436. The molecule has 1 aromatic rings. The minimum Gasteiger partial charge on any atom is -0.329 e. The Morgan fingerprint density at radius 1 is 1.35 bits per heavy atom. The van der Waals surface area contributed by atoms with Crippen LogP contribution in [0.1, 0.15) is 23.2 Å². The first-order valence-electron chi connectivity index (χ1n) is 6.18. The molecule has 0 aromatic carbocycles. The zero-order valence-corrected chi connectivity index (χ0v) is 10.0. The first-order chi connectivity index (χ1) is 8.31. The summed E-state index contributed by atoms with van der Waals surface area (Å²) < 4.78 is 0. The second-order valence-electron chi connectivity index (χ2n) is 4.50. The van der Waals surface area contributed by atoms with Gasteiger partial charge in [0.2, 0.25) is 0 Å². The molecule has 1 fully saturated rings. The lowest BCUT2D eigenvalue weighted by molar-refractivity contribution is 0.0842. The van der Waals surface area contributed by atoms with Gasteiger partial charge in [-0.3, -0.25) is 9.78 Å². The SMILES string of the molecule is NCCN1CCC(C(=O)c2ccncc2)CC1. The van der Waals surface area contributed by atoms with Crippen LogP contribution in [0.5, 0.6) is 0 Å². The van der Waals surface area contributed by atoms with Crippen molar-refractivity contribution in [2.75, 3.05) is 26.2 Å². The monoisotopic (exact) mass is 233 g/mol. The van der Waals surface area contributed by atoms with Gasteiger partial charge < -0.3 is 10.6 Å². The third kappa shape index (κ3) is 3.11. The Kier molecular flexibility index (Phi) is 4.23. The summed E-state index contributed by atoms with van der Waals surface area (Å²) in [7, 11) is 0. The maximum absolute atomic E-state index is 12.2. The maximum atomic E-state index is 12.2. The molecular weight excluding hydrogens is 214 g/mol. The number of hydrogen-bond donors (Lipinski definition) is 1. The molecule has 1 aliphatic rings. The highest BCUT2D eigenvalue weighted by Gasteiger charge is 2.25. The molecule has 1 aromatic heterocycles. The van der Waals surface area contributed by atoms with Crippen LogP contribution < -0.4 is 5.73 Å². The lowest BCUT2D eigenvalue weighted by Gasteiger charge is -2.30. The first kappa shape index (κ1) is 12.2. The molecule has 2 heterocycles. The lowest BCUT2D eigenvalue weighted by atomic mass is 9.89. The number of Topliss-reactive ketones (excluding diaryl/α,β-unsaturated/α-hetero) is 1. The van der Waals surface area contributed by atoms with E-state index in [0.29, 0.717) is 6.54 Å². The van der Waals surface area contributed by atoms with E-state index in [2.05, 4.69) is 9.88 Å². The molecule has 1 saturated heterocycles. The largest absolute Gasteiger partial charge is 0.329 e. The van der Waals surface area contributed by atoms with E-state index in [9.17, 15) is 4.79 Å². The van der Waals surface area contributed by atoms with Crippen molar-refractivity contribution < 1.29 is 4.79 Å². The predicted octanol–water partition coefficient (Wildman–Crippen LogP) is 0.935. The van der Waals surface area contributed by atoms with Crippen molar-refractivity contribution in [1.82, 2.24) is 9.88 Å². The Morgan fingerprint density at radius 3 is 2.59 bits per heavy atom. The molecule has 0 atom stereocenters. The molecule has 0 saturated carbocycles. The van der Waals surface area contributed by atoms with E-state index in [1.165, 1.54) is 0 Å². The standard InChI is InChI=1S/C13H19N3O/c14-5-10-16-8-3-12(4-9-16)13(17)11-1-6-15-7-2-11/h1-2,6-7,12H,3-5,8-10,14H2. The van der Waals surface area contributed by atoms with Gasteiger partial charge in [-0.05, 0) is 38.1 Å². The molecule has 1 aliphatic heterocycles. The van der Waals surface area contributed by atoms with Crippen molar-refractivity contribution >= 4 is 5.78 Å². The van der Waals surface area contributed by atoms with Crippen LogP contribution in [0.15, 0.2) is 24.5 Å². The second-order valence-corrected chi connectivity index (χ2v) is 4.50. The van der Waals surface area contributed by atoms with Crippen LogP contribution >= 0.6 is 0 Å². The van der Waals surface area contributed by atoms with Crippen molar-refractivity contribution in [2.45, 2.75) is 12.8 Å². The average Bonchev–Trinajstić information content (AvgIpc) is 2.40. The Morgan fingerprint density at radius 2 is 2.00 bits per heavy atom. The fourth-order valence-electron chi connectivity index (χ4n) is 2.35. The van der Waals surface area contributed by atoms with E-state index in [1.54, 1.807) is 24.5 Å². The zero-order chi connectivity index (χ0) is 12.1. The minimum absolute atomic E-state index is 0.173. The summed E-state index contributed by atoms with van der Waals surface area (Å²) in [6.07, 6.45) is 5.25. The van der Waals surface area contributed by atoms with Crippen LogP contribution in [0.2, 0.25) is 0 Å². The third-order valence-corrected chi connectivity index (χ3v) is 3.37. The first-order valence-corrected chi connectivity index (χ1v) is 6.18. The number of aromatic nitrogens is 1. The molecule has 2 rings (SSSR count). The van der Waals surface area contributed by atoms with Crippen molar-refractivity contribution in [3.63, 3.8) is 0 Å². The highest BCUT2D eigenvalue weighted by molar-refractivity contribution is 5.97. The van der Waals surface area contributed by atoms with E-state index >= 15 is 0 Å². The number of hydrogen-bond acceptors (Lipinski definition) is 4. The Balaban J connectivity index is 1.91. The molecule has 0 spiro atoms. The van der Waals surface area contributed by atoms with Gasteiger partial charge in [0, 0.05) is 37.0 Å². The molecule has 92 valence electrons. The van der Waals surface area contributed by atoms with E-state index in [1.807, 2.05) is 0 Å². The highest BCUT2D eigenvalue weighted by atomic mass is 16.1. The Bertz CT molecular complexity index is 358. The zero-order valence-electron chi connectivity index (χ0n) is 10.0. The van der Waals surface area contributed by atoms with Crippen molar-refractivity contribution in [2.24, 2.45) is 11.7 Å². The molecule has 0 unspecified atom stereocenters. The molecule has 0 radical (unpaired) electrons. The van der Waals surface area contributed by atoms with Gasteiger partial charge in [0.25, 0.3) is 0 Å². The van der Waals surface area contributed by atoms with Gasteiger partial charge in [-0.1, -0.05) is 0 Å². The topological polar surface area (TPSA) is 59.2 Å². The van der Waals surface area contributed by atoms with Crippen molar-refractivity contribution in [3.8, 4) is 0 Å². The number of nitrogens with zero attached hydrogens (tertiary/aromatic N) is 2. The average molecular weight is 233 g/mol. The summed E-state index contributed by atoms with van der Waals surface area (Å²) in [4.78, 5) is 18.5. The van der Waals surface area contributed by atoms with Crippen molar-refractivity contribution in [1.29, 1.82) is 0 Å². The van der Waals surface area contributed by atoms with Crippen LogP contribution in [-0.4, -0.2) is 41.8 Å². The van der Waals surface area contributed by atoms with E-state index in [-0.39, 0.29) is 11.7 Å². The number of nitrogens with two attached hydrogens (primary N) is 1. The number of ketones is 1. The summed E-state index contributed by atoms with van der Waals surface area (Å²) in [5, 5.41) is 0. The smallest absolute Gasteiger partial charge is 0.166 e. The van der Waals surface area contributed by atoms with Crippen LogP contribution in [-0.2, 0) is 0 Å². The van der Waals surface area contributed by atoms with Gasteiger partial charge in [-0.2, -0.15) is 0 Å². The summed E-state index contributed by atoms with van der Waals surface area (Å²) in [5.41, 5.74) is 6.32. The molecular formula is C13H19N3O. The van der Waals surface area contributed by atoms with Gasteiger partial charge >= 0.3 is 0 Å². The lowest BCUT2D eigenvalue weighted by Crippen LogP contribution is -2.39. The number of piperidine rings is 1. The number of carbonyl (C=O) groups excluding carboxylic acids is 1. The fraction of sp³-hybridized carbons (Fsp3) is 0.538. The quantitative estimate of drug-likeness (QED) is 0.786. The predicted molar refractivity (Wildman–Crippen MR) is 66.8 cm³/mol. The van der Waals surface area contributed by atoms with Crippen LogP contribution in [0.25, 0.3) is 0 Å².